The maximum Gasteiger partial charge on any atom is 0.271 e. The molecule has 0 saturated carbocycles. The van der Waals surface area contributed by atoms with Gasteiger partial charge in [-0.15, -0.1) is 0 Å². The molecule has 0 aliphatic carbocycles. The molecule has 0 unspecified atom stereocenters. The number of rotatable bonds is 4. The Morgan fingerprint density at radius 2 is 2.03 bits per heavy atom. The highest BCUT2D eigenvalue weighted by molar-refractivity contribution is 5.92. The van der Waals surface area contributed by atoms with Gasteiger partial charge in [0.05, 0.1) is 18.3 Å². The van der Waals surface area contributed by atoms with Crippen molar-refractivity contribution >= 4 is 16.8 Å². The number of ether oxygens (including phenoxy) is 1. The number of aryl methyl sites for hydroxylation is 2. The van der Waals surface area contributed by atoms with Crippen LogP contribution in [0, 0.1) is 13.8 Å². The molecule has 3 heterocycles. The van der Waals surface area contributed by atoms with Crippen molar-refractivity contribution in [3.05, 3.63) is 83.6 Å². The van der Waals surface area contributed by atoms with Gasteiger partial charge in [-0.3, -0.25) is 14.8 Å². The third-order valence-corrected chi connectivity index (χ3v) is 5.47. The van der Waals surface area contributed by atoms with Gasteiger partial charge < -0.3 is 10.1 Å². The van der Waals surface area contributed by atoms with Gasteiger partial charge >= 0.3 is 0 Å². The summed E-state index contributed by atoms with van der Waals surface area (Å²) in [5.74, 6) is 0.644. The minimum Gasteiger partial charge on any atom is -0.487 e. The fourth-order valence-corrected chi connectivity index (χ4v) is 4.03. The third-order valence-electron chi connectivity index (χ3n) is 5.47. The highest BCUT2D eigenvalue weighted by Gasteiger charge is 2.27. The second kappa shape index (κ2) is 7.80. The van der Waals surface area contributed by atoms with E-state index in [0.717, 1.165) is 45.5 Å². The van der Waals surface area contributed by atoms with Crippen LogP contribution in [0.25, 0.3) is 22.0 Å². The third kappa shape index (κ3) is 3.84. The van der Waals surface area contributed by atoms with Crippen LogP contribution in [0.5, 0.6) is 5.75 Å². The molecule has 4 aromatic rings. The van der Waals surface area contributed by atoms with Crippen LogP contribution in [0.1, 0.15) is 27.3 Å². The highest BCUT2D eigenvalue weighted by atomic mass is 16.5. The molecular formula is C25H22N4O2. The van der Waals surface area contributed by atoms with Gasteiger partial charge in [0.1, 0.15) is 17.5 Å². The molecule has 5 rings (SSSR count). The molecular weight excluding hydrogens is 388 g/mol. The fourth-order valence-electron chi connectivity index (χ4n) is 4.03. The van der Waals surface area contributed by atoms with Gasteiger partial charge in [0.2, 0.25) is 0 Å². The predicted octanol–water partition coefficient (Wildman–Crippen LogP) is 4.04. The molecule has 1 atom stereocenters. The Balaban J connectivity index is 1.39. The summed E-state index contributed by atoms with van der Waals surface area (Å²) in [5, 5.41) is 4.01. The number of hydrogen-bond acceptors (Lipinski definition) is 5. The smallest absolute Gasteiger partial charge is 0.271 e. The maximum atomic E-state index is 12.3. The molecule has 0 spiro atoms. The van der Waals surface area contributed by atoms with E-state index in [9.17, 15) is 4.79 Å². The molecule has 2 aromatic heterocycles. The Morgan fingerprint density at radius 1 is 1.13 bits per heavy atom. The number of amides is 1. The first kappa shape index (κ1) is 19.2. The SMILES string of the molecule is Cc1cc2c(c(-c3ccc4nc(C)ccc4c3)c1)O[C@@H](CNC(=O)c1cnccn1)C2. The molecule has 0 saturated heterocycles. The van der Waals surface area contributed by atoms with Gasteiger partial charge in [-0.2, -0.15) is 0 Å². The number of carbonyl (C=O) groups excluding carboxylic acids is 1. The first-order chi connectivity index (χ1) is 15.1. The average molecular weight is 410 g/mol. The summed E-state index contributed by atoms with van der Waals surface area (Å²) in [7, 11) is 0. The molecule has 0 bridgehead atoms. The van der Waals surface area contributed by atoms with E-state index < -0.39 is 0 Å². The van der Waals surface area contributed by atoms with Crippen molar-refractivity contribution < 1.29 is 9.53 Å². The Hall–Kier alpha value is -3.80. The molecule has 0 radical (unpaired) electrons. The Bertz CT molecular complexity index is 1290. The highest BCUT2D eigenvalue weighted by Crippen LogP contribution is 2.40. The fraction of sp³-hybridized carbons (Fsp3) is 0.200. The van der Waals surface area contributed by atoms with Crippen molar-refractivity contribution in [2.45, 2.75) is 26.4 Å². The summed E-state index contributed by atoms with van der Waals surface area (Å²) >= 11 is 0. The topological polar surface area (TPSA) is 77.0 Å². The second-order valence-electron chi connectivity index (χ2n) is 7.91. The number of fused-ring (bicyclic) bond motifs is 2. The number of benzene rings is 2. The minimum atomic E-state index is -0.249. The number of aromatic nitrogens is 3. The number of nitrogens with zero attached hydrogens (tertiary/aromatic N) is 3. The summed E-state index contributed by atoms with van der Waals surface area (Å²) in [6, 6.07) is 14.7. The van der Waals surface area contributed by atoms with Crippen LogP contribution in [0.15, 0.2) is 61.1 Å². The lowest BCUT2D eigenvalue weighted by molar-refractivity contribution is 0.0928. The van der Waals surface area contributed by atoms with Gasteiger partial charge in [-0.05, 0) is 54.8 Å². The molecule has 31 heavy (non-hydrogen) atoms. The van der Waals surface area contributed by atoms with Gasteiger partial charge in [-0.1, -0.05) is 18.2 Å². The first-order valence-electron chi connectivity index (χ1n) is 10.3. The van der Waals surface area contributed by atoms with Crippen molar-refractivity contribution in [2.75, 3.05) is 6.54 Å². The van der Waals surface area contributed by atoms with E-state index in [1.807, 2.05) is 13.0 Å². The molecule has 1 aliphatic heterocycles. The van der Waals surface area contributed by atoms with Crippen LogP contribution in [-0.2, 0) is 6.42 Å². The van der Waals surface area contributed by atoms with Crippen molar-refractivity contribution in [1.82, 2.24) is 20.3 Å². The van der Waals surface area contributed by atoms with Gasteiger partial charge in [0, 0.05) is 35.5 Å². The maximum absolute atomic E-state index is 12.3. The number of hydrogen-bond donors (Lipinski definition) is 1. The zero-order valence-corrected chi connectivity index (χ0v) is 17.4. The van der Waals surface area contributed by atoms with Crippen LogP contribution in [-0.4, -0.2) is 33.5 Å². The number of pyridine rings is 1. The lowest BCUT2D eigenvalue weighted by Gasteiger charge is -2.14. The van der Waals surface area contributed by atoms with E-state index in [0.29, 0.717) is 12.2 Å². The van der Waals surface area contributed by atoms with Crippen molar-refractivity contribution in [1.29, 1.82) is 0 Å². The van der Waals surface area contributed by atoms with E-state index >= 15 is 0 Å². The van der Waals surface area contributed by atoms with Gasteiger partial charge in [0.25, 0.3) is 5.91 Å². The van der Waals surface area contributed by atoms with E-state index in [4.69, 9.17) is 4.74 Å². The molecule has 6 nitrogen and oxygen atoms in total. The summed E-state index contributed by atoms with van der Waals surface area (Å²) in [6.07, 6.45) is 5.13. The van der Waals surface area contributed by atoms with E-state index in [2.05, 4.69) is 63.6 Å². The standard InChI is InChI=1S/C25H22N4O2/c1-15-9-19-12-20(13-28-25(30)23-14-26-7-8-27-23)31-24(19)21(10-15)17-5-6-22-18(11-17)4-3-16(2)29-22/h3-11,14,20H,12-13H2,1-2H3,(H,28,30)/t20-/m1/s1. The summed E-state index contributed by atoms with van der Waals surface area (Å²) in [6.45, 7) is 4.50. The molecule has 2 aromatic carbocycles. The summed E-state index contributed by atoms with van der Waals surface area (Å²) in [5.41, 5.74) is 6.81. The number of carbonyl (C=O) groups is 1. The van der Waals surface area contributed by atoms with Crippen LogP contribution in [0.4, 0.5) is 0 Å². The molecule has 154 valence electrons. The lowest BCUT2D eigenvalue weighted by atomic mass is 9.97. The zero-order valence-electron chi connectivity index (χ0n) is 17.4. The Labute approximate surface area is 180 Å². The predicted molar refractivity (Wildman–Crippen MR) is 119 cm³/mol. The van der Waals surface area contributed by atoms with E-state index in [-0.39, 0.29) is 12.0 Å². The first-order valence-corrected chi connectivity index (χ1v) is 10.3. The largest absolute Gasteiger partial charge is 0.487 e. The van der Waals surface area contributed by atoms with E-state index in [1.165, 1.54) is 18.0 Å². The molecule has 1 aliphatic rings. The summed E-state index contributed by atoms with van der Waals surface area (Å²) in [4.78, 5) is 24.9. The number of nitrogens with one attached hydrogen (secondary N) is 1. The van der Waals surface area contributed by atoms with Gasteiger partial charge in [0.15, 0.2) is 0 Å². The molecule has 1 N–H and O–H groups in total. The Morgan fingerprint density at radius 3 is 2.87 bits per heavy atom. The van der Waals surface area contributed by atoms with Crippen molar-refractivity contribution in [3.63, 3.8) is 0 Å². The quantitative estimate of drug-likeness (QED) is 0.549. The minimum absolute atomic E-state index is 0.124. The summed E-state index contributed by atoms with van der Waals surface area (Å²) < 4.78 is 6.30. The monoisotopic (exact) mass is 410 g/mol. The molecule has 6 heteroatoms. The zero-order chi connectivity index (χ0) is 21.4. The van der Waals surface area contributed by atoms with Crippen molar-refractivity contribution in [2.24, 2.45) is 0 Å². The van der Waals surface area contributed by atoms with Crippen molar-refractivity contribution in [3.8, 4) is 16.9 Å². The van der Waals surface area contributed by atoms with Crippen LogP contribution in [0.2, 0.25) is 0 Å². The normalized spacial score (nSPS) is 14.8. The van der Waals surface area contributed by atoms with Crippen LogP contribution < -0.4 is 10.1 Å². The molecule has 0 fully saturated rings. The lowest BCUT2D eigenvalue weighted by Crippen LogP contribution is -2.34. The second-order valence-corrected chi connectivity index (χ2v) is 7.91. The van der Waals surface area contributed by atoms with Crippen LogP contribution >= 0.6 is 0 Å². The van der Waals surface area contributed by atoms with E-state index in [1.54, 1.807) is 6.20 Å². The van der Waals surface area contributed by atoms with Gasteiger partial charge in [-0.25, -0.2) is 4.98 Å². The molecule has 1 amide bonds. The Kier molecular flexibility index (Phi) is 4.82. The average Bonchev–Trinajstić information content (AvgIpc) is 3.20. The van der Waals surface area contributed by atoms with Crippen LogP contribution in [0.3, 0.4) is 0 Å².